The van der Waals surface area contributed by atoms with E-state index >= 15 is 0 Å². The van der Waals surface area contributed by atoms with Gasteiger partial charge in [0.05, 0.1) is 25.5 Å². The molecule has 4 nitrogen and oxygen atoms in total. The average molecular weight is 214 g/mol. The molecule has 0 spiro atoms. The van der Waals surface area contributed by atoms with E-state index in [2.05, 4.69) is 14.9 Å². The quantitative estimate of drug-likeness (QED) is 0.685. The van der Waals surface area contributed by atoms with E-state index in [0.717, 1.165) is 19.0 Å². The first-order valence-corrected chi connectivity index (χ1v) is 5.11. The van der Waals surface area contributed by atoms with Crippen molar-refractivity contribution in [2.75, 3.05) is 30.5 Å². The Morgan fingerprint density at radius 3 is 3.21 bits per heavy atom. The Bertz CT molecular complexity index is 283. The second kappa shape index (κ2) is 4.57. The zero-order valence-electron chi connectivity index (χ0n) is 7.77. The van der Waals surface area contributed by atoms with Crippen LogP contribution in [0.2, 0.25) is 0 Å². The molecule has 0 aliphatic carbocycles. The Kier molecular flexibility index (Phi) is 3.16. The molecule has 1 saturated heterocycles. The molecule has 1 aromatic heterocycles. The van der Waals surface area contributed by atoms with E-state index in [1.807, 2.05) is 0 Å². The van der Waals surface area contributed by atoms with Gasteiger partial charge in [0, 0.05) is 24.8 Å². The summed E-state index contributed by atoms with van der Waals surface area (Å²) < 4.78 is 5.35. The second-order valence-electron chi connectivity index (χ2n) is 3.14. The number of aromatic nitrogens is 2. The van der Waals surface area contributed by atoms with Crippen LogP contribution in [0.5, 0.6) is 0 Å². The van der Waals surface area contributed by atoms with Crippen molar-refractivity contribution < 1.29 is 4.74 Å². The maximum atomic E-state index is 5.86. The molecule has 5 heteroatoms. The van der Waals surface area contributed by atoms with E-state index in [9.17, 15) is 0 Å². The van der Waals surface area contributed by atoms with Crippen molar-refractivity contribution in [3.63, 3.8) is 0 Å². The molecule has 0 radical (unpaired) electrons. The summed E-state index contributed by atoms with van der Waals surface area (Å²) in [5.74, 6) is 1.43. The first kappa shape index (κ1) is 9.68. The lowest BCUT2D eigenvalue weighted by atomic mass is 10.2. The van der Waals surface area contributed by atoms with Crippen LogP contribution in [0.25, 0.3) is 0 Å². The molecule has 2 rings (SSSR count). The van der Waals surface area contributed by atoms with Gasteiger partial charge in [0.1, 0.15) is 5.82 Å². The maximum Gasteiger partial charge on any atom is 0.147 e. The fourth-order valence-corrected chi connectivity index (χ4v) is 1.78. The minimum Gasteiger partial charge on any atom is -0.377 e. The van der Waals surface area contributed by atoms with Gasteiger partial charge in [-0.25, -0.2) is 4.98 Å². The van der Waals surface area contributed by atoms with E-state index in [1.54, 1.807) is 18.6 Å². The van der Waals surface area contributed by atoms with Gasteiger partial charge in [0.25, 0.3) is 0 Å². The van der Waals surface area contributed by atoms with Crippen molar-refractivity contribution in [2.24, 2.45) is 0 Å². The highest BCUT2D eigenvalue weighted by atomic mass is 35.5. The van der Waals surface area contributed by atoms with Crippen LogP contribution in [-0.4, -0.2) is 41.6 Å². The Labute approximate surface area is 87.9 Å². The van der Waals surface area contributed by atoms with Gasteiger partial charge in [-0.05, 0) is 0 Å². The van der Waals surface area contributed by atoms with Gasteiger partial charge in [-0.15, -0.1) is 11.6 Å². The van der Waals surface area contributed by atoms with E-state index in [-0.39, 0.29) is 6.04 Å². The lowest BCUT2D eigenvalue weighted by Crippen LogP contribution is -2.47. The van der Waals surface area contributed by atoms with E-state index < -0.39 is 0 Å². The standard InChI is InChI=1S/C9H12ClN3O/c10-5-8-7-14-4-3-13(8)9-6-11-1-2-12-9/h1-2,6,8H,3-5,7H2. The Balaban J connectivity index is 2.15. The van der Waals surface area contributed by atoms with Crippen molar-refractivity contribution >= 4 is 17.4 Å². The molecule has 76 valence electrons. The molecule has 0 bridgehead atoms. The summed E-state index contributed by atoms with van der Waals surface area (Å²) in [6.07, 6.45) is 5.11. The van der Waals surface area contributed by atoms with Gasteiger partial charge in [0.2, 0.25) is 0 Å². The van der Waals surface area contributed by atoms with Gasteiger partial charge in [-0.3, -0.25) is 4.98 Å². The highest BCUT2D eigenvalue weighted by Crippen LogP contribution is 2.16. The SMILES string of the molecule is ClCC1COCCN1c1cnccn1. The highest BCUT2D eigenvalue weighted by molar-refractivity contribution is 6.18. The molecule has 0 N–H and O–H groups in total. The summed E-state index contributed by atoms with van der Waals surface area (Å²) in [6.45, 7) is 2.22. The van der Waals surface area contributed by atoms with Gasteiger partial charge in [0.15, 0.2) is 0 Å². The highest BCUT2D eigenvalue weighted by Gasteiger charge is 2.23. The fourth-order valence-electron chi connectivity index (χ4n) is 1.52. The van der Waals surface area contributed by atoms with Gasteiger partial charge in [-0.2, -0.15) is 0 Å². The normalized spacial score (nSPS) is 22.4. The lowest BCUT2D eigenvalue weighted by Gasteiger charge is -2.34. The van der Waals surface area contributed by atoms with Crippen LogP contribution in [0.15, 0.2) is 18.6 Å². The van der Waals surface area contributed by atoms with E-state index in [4.69, 9.17) is 16.3 Å². The van der Waals surface area contributed by atoms with Crippen molar-refractivity contribution in [1.82, 2.24) is 9.97 Å². The summed E-state index contributed by atoms with van der Waals surface area (Å²) in [5.41, 5.74) is 0. The maximum absolute atomic E-state index is 5.86. The molecular weight excluding hydrogens is 202 g/mol. The number of alkyl halides is 1. The minimum absolute atomic E-state index is 0.210. The van der Waals surface area contributed by atoms with Crippen LogP contribution in [0, 0.1) is 0 Å². The molecule has 0 amide bonds. The molecule has 1 unspecified atom stereocenters. The number of nitrogens with zero attached hydrogens (tertiary/aromatic N) is 3. The number of hydrogen-bond donors (Lipinski definition) is 0. The number of halogens is 1. The molecule has 1 aliphatic heterocycles. The molecule has 1 aliphatic rings. The first-order chi connectivity index (χ1) is 6.92. The molecule has 14 heavy (non-hydrogen) atoms. The van der Waals surface area contributed by atoms with Gasteiger partial charge < -0.3 is 9.64 Å². The van der Waals surface area contributed by atoms with Crippen molar-refractivity contribution in [1.29, 1.82) is 0 Å². The zero-order chi connectivity index (χ0) is 9.80. The summed E-state index contributed by atoms with van der Waals surface area (Å²) >= 11 is 5.86. The molecule has 0 saturated carbocycles. The van der Waals surface area contributed by atoms with Gasteiger partial charge >= 0.3 is 0 Å². The molecule has 0 aromatic carbocycles. The number of anilines is 1. The van der Waals surface area contributed by atoms with E-state index in [0.29, 0.717) is 12.5 Å². The topological polar surface area (TPSA) is 38.2 Å². The first-order valence-electron chi connectivity index (χ1n) is 4.58. The number of morpholine rings is 1. The minimum atomic E-state index is 0.210. The van der Waals surface area contributed by atoms with Crippen LogP contribution in [0.1, 0.15) is 0 Å². The molecule has 1 atom stereocenters. The molecule has 2 heterocycles. The van der Waals surface area contributed by atoms with Crippen molar-refractivity contribution in [3.8, 4) is 0 Å². The molecular formula is C9H12ClN3O. The fraction of sp³-hybridized carbons (Fsp3) is 0.556. The summed E-state index contributed by atoms with van der Waals surface area (Å²) in [6, 6.07) is 0.210. The third kappa shape index (κ3) is 1.96. The predicted octanol–water partition coefficient (Wildman–Crippen LogP) is 0.921. The van der Waals surface area contributed by atoms with Crippen LogP contribution < -0.4 is 4.90 Å². The third-order valence-corrected chi connectivity index (χ3v) is 2.61. The van der Waals surface area contributed by atoms with Crippen LogP contribution in [0.3, 0.4) is 0 Å². The van der Waals surface area contributed by atoms with Crippen LogP contribution in [-0.2, 0) is 4.74 Å². The Morgan fingerprint density at radius 1 is 1.57 bits per heavy atom. The monoisotopic (exact) mass is 213 g/mol. The average Bonchev–Trinajstić information content (AvgIpc) is 2.30. The second-order valence-corrected chi connectivity index (χ2v) is 3.45. The summed E-state index contributed by atoms with van der Waals surface area (Å²) in [5, 5.41) is 0. The third-order valence-electron chi connectivity index (χ3n) is 2.25. The summed E-state index contributed by atoms with van der Waals surface area (Å²) in [7, 11) is 0. The number of hydrogen-bond acceptors (Lipinski definition) is 4. The van der Waals surface area contributed by atoms with Gasteiger partial charge in [-0.1, -0.05) is 0 Å². The van der Waals surface area contributed by atoms with E-state index in [1.165, 1.54) is 0 Å². The zero-order valence-corrected chi connectivity index (χ0v) is 8.52. The largest absolute Gasteiger partial charge is 0.377 e. The van der Waals surface area contributed by atoms with Crippen LogP contribution in [0.4, 0.5) is 5.82 Å². The Hall–Kier alpha value is -0.870. The molecule has 1 fully saturated rings. The van der Waals surface area contributed by atoms with Crippen LogP contribution >= 0.6 is 11.6 Å². The summed E-state index contributed by atoms with van der Waals surface area (Å²) in [4.78, 5) is 10.4. The lowest BCUT2D eigenvalue weighted by molar-refractivity contribution is 0.0993. The molecule has 1 aromatic rings. The van der Waals surface area contributed by atoms with Crippen molar-refractivity contribution in [2.45, 2.75) is 6.04 Å². The Morgan fingerprint density at radius 2 is 2.50 bits per heavy atom. The number of ether oxygens (including phenoxy) is 1. The smallest absolute Gasteiger partial charge is 0.147 e. The van der Waals surface area contributed by atoms with Crippen molar-refractivity contribution in [3.05, 3.63) is 18.6 Å². The predicted molar refractivity (Wildman–Crippen MR) is 54.7 cm³/mol. The number of rotatable bonds is 2.